The molecule has 3 rings (SSSR count). The van der Waals surface area contributed by atoms with E-state index in [-0.39, 0.29) is 12.4 Å². The number of rotatable bonds is 8. The van der Waals surface area contributed by atoms with Gasteiger partial charge in [-0.2, -0.15) is 0 Å². The number of nitrogens with one attached hydrogen (secondary N) is 1. The fourth-order valence-electron chi connectivity index (χ4n) is 2.64. The predicted molar refractivity (Wildman–Crippen MR) is 111 cm³/mol. The summed E-state index contributed by atoms with van der Waals surface area (Å²) in [7, 11) is 1.62. The van der Waals surface area contributed by atoms with Gasteiger partial charge in [-0.25, -0.2) is 0 Å². The standard InChI is InChI=1S/C21H21ClN2O2.ClH/c1-25-20-11-19(22)10-18(14-24-13-17-8-5-9-23-12-17)21(20)26-15-16-6-3-2-4-7-16;/h2-12,24H,13-15H2,1H3;1H. The highest BCUT2D eigenvalue weighted by atomic mass is 35.5. The van der Waals surface area contributed by atoms with Crippen LogP contribution < -0.4 is 14.8 Å². The molecule has 0 atom stereocenters. The maximum atomic E-state index is 6.24. The largest absolute Gasteiger partial charge is 0.493 e. The number of aromatic nitrogens is 1. The van der Waals surface area contributed by atoms with Crippen molar-refractivity contribution in [3.05, 3.63) is 88.7 Å². The van der Waals surface area contributed by atoms with Crippen LogP contribution >= 0.6 is 24.0 Å². The van der Waals surface area contributed by atoms with Crippen molar-refractivity contribution in [3.63, 3.8) is 0 Å². The lowest BCUT2D eigenvalue weighted by molar-refractivity contribution is 0.280. The van der Waals surface area contributed by atoms with Gasteiger partial charge in [-0.1, -0.05) is 48.0 Å². The molecule has 1 N–H and O–H groups in total. The van der Waals surface area contributed by atoms with Gasteiger partial charge in [-0.3, -0.25) is 4.98 Å². The highest BCUT2D eigenvalue weighted by molar-refractivity contribution is 6.30. The van der Waals surface area contributed by atoms with E-state index in [9.17, 15) is 0 Å². The predicted octanol–water partition coefficient (Wildman–Crippen LogP) is 5.03. The molecule has 27 heavy (non-hydrogen) atoms. The number of pyridine rings is 1. The van der Waals surface area contributed by atoms with E-state index in [2.05, 4.69) is 10.3 Å². The van der Waals surface area contributed by atoms with Crippen molar-refractivity contribution in [1.29, 1.82) is 0 Å². The first-order valence-electron chi connectivity index (χ1n) is 8.39. The van der Waals surface area contributed by atoms with Crippen LogP contribution in [0.2, 0.25) is 5.02 Å². The third-order valence-corrected chi connectivity index (χ3v) is 4.13. The summed E-state index contributed by atoms with van der Waals surface area (Å²) in [6.07, 6.45) is 3.61. The average molecular weight is 405 g/mol. The molecule has 0 saturated heterocycles. The lowest BCUT2D eigenvalue weighted by atomic mass is 10.1. The van der Waals surface area contributed by atoms with Gasteiger partial charge in [-0.15, -0.1) is 12.4 Å². The quantitative estimate of drug-likeness (QED) is 0.571. The summed E-state index contributed by atoms with van der Waals surface area (Å²) in [5.74, 6) is 1.34. The molecule has 0 aliphatic carbocycles. The van der Waals surface area contributed by atoms with Crippen LogP contribution in [0.25, 0.3) is 0 Å². The van der Waals surface area contributed by atoms with Gasteiger partial charge in [0.1, 0.15) is 6.61 Å². The molecule has 142 valence electrons. The molecule has 3 aromatic rings. The fraction of sp³-hybridized carbons (Fsp3) is 0.190. The number of halogens is 2. The van der Waals surface area contributed by atoms with Crippen molar-refractivity contribution in [3.8, 4) is 11.5 Å². The molecule has 2 aromatic carbocycles. The maximum absolute atomic E-state index is 6.24. The van der Waals surface area contributed by atoms with Crippen molar-refractivity contribution < 1.29 is 9.47 Å². The first-order valence-corrected chi connectivity index (χ1v) is 8.77. The monoisotopic (exact) mass is 404 g/mol. The SMILES string of the molecule is COc1cc(Cl)cc(CNCc2cccnc2)c1OCc1ccccc1.Cl. The van der Waals surface area contributed by atoms with Crippen molar-refractivity contribution in [1.82, 2.24) is 10.3 Å². The second kappa shape index (κ2) is 10.8. The Labute approximate surface area is 170 Å². The Morgan fingerprint density at radius 1 is 1.00 bits per heavy atom. The normalized spacial score (nSPS) is 10.1. The highest BCUT2D eigenvalue weighted by Crippen LogP contribution is 2.35. The molecule has 0 spiro atoms. The third kappa shape index (κ3) is 6.14. The van der Waals surface area contributed by atoms with E-state index >= 15 is 0 Å². The first kappa shape index (κ1) is 21.0. The zero-order chi connectivity index (χ0) is 18.2. The molecular formula is C21H22Cl2N2O2. The minimum Gasteiger partial charge on any atom is -0.493 e. The van der Waals surface area contributed by atoms with Crippen molar-refractivity contribution in [2.75, 3.05) is 7.11 Å². The third-order valence-electron chi connectivity index (χ3n) is 3.91. The Balaban J connectivity index is 0.00000261. The summed E-state index contributed by atoms with van der Waals surface area (Å²) in [4.78, 5) is 4.13. The van der Waals surface area contributed by atoms with E-state index in [1.807, 2.05) is 54.7 Å². The average Bonchev–Trinajstić information content (AvgIpc) is 2.68. The molecule has 0 radical (unpaired) electrons. The minimum absolute atomic E-state index is 0. The van der Waals surface area contributed by atoms with E-state index < -0.39 is 0 Å². The Morgan fingerprint density at radius 2 is 1.78 bits per heavy atom. The smallest absolute Gasteiger partial charge is 0.166 e. The van der Waals surface area contributed by atoms with Crippen molar-refractivity contribution >= 4 is 24.0 Å². The molecule has 0 saturated carbocycles. The summed E-state index contributed by atoms with van der Waals surface area (Å²) in [6, 6.07) is 17.7. The van der Waals surface area contributed by atoms with Crippen LogP contribution in [0, 0.1) is 0 Å². The summed E-state index contributed by atoms with van der Waals surface area (Å²) >= 11 is 6.24. The number of hydrogen-bond acceptors (Lipinski definition) is 4. The molecule has 6 heteroatoms. The molecule has 0 fully saturated rings. The molecule has 0 aliphatic heterocycles. The summed E-state index contributed by atoms with van der Waals surface area (Å²) in [5.41, 5.74) is 3.17. The summed E-state index contributed by atoms with van der Waals surface area (Å²) < 4.78 is 11.5. The molecule has 0 amide bonds. The van der Waals surface area contributed by atoms with E-state index in [0.29, 0.717) is 36.2 Å². The Morgan fingerprint density at radius 3 is 2.48 bits per heavy atom. The fourth-order valence-corrected chi connectivity index (χ4v) is 2.87. The van der Waals surface area contributed by atoms with Gasteiger partial charge < -0.3 is 14.8 Å². The van der Waals surface area contributed by atoms with Gasteiger partial charge >= 0.3 is 0 Å². The van der Waals surface area contributed by atoms with Gasteiger partial charge in [-0.05, 0) is 23.3 Å². The van der Waals surface area contributed by atoms with E-state index in [4.69, 9.17) is 21.1 Å². The van der Waals surface area contributed by atoms with Gasteiger partial charge in [0.15, 0.2) is 11.5 Å². The lowest BCUT2D eigenvalue weighted by Gasteiger charge is -2.16. The number of nitrogens with zero attached hydrogens (tertiary/aromatic N) is 1. The van der Waals surface area contributed by atoms with Crippen LogP contribution in [0.4, 0.5) is 0 Å². The topological polar surface area (TPSA) is 43.4 Å². The van der Waals surface area contributed by atoms with Crippen molar-refractivity contribution in [2.24, 2.45) is 0 Å². The van der Waals surface area contributed by atoms with Crippen LogP contribution in [0.1, 0.15) is 16.7 Å². The van der Waals surface area contributed by atoms with Crippen LogP contribution in [0.3, 0.4) is 0 Å². The van der Waals surface area contributed by atoms with Crippen LogP contribution in [0.5, 0.6) is 11.5 Å². The minimum atomic E-state index is 0. The number of benzene rings is 2. The molecule has 0 bridgehead atoms. The first-order chi connectivity index (χ1) is 12.8. The van der Waals surface area contributed by atoms with E-state index in [0.717, 1.165) is 16.7 Å². The van der Waals surface area contributed by atoms with E-state index in [1.165, 1.54) is 0 Å². The van der Waals surface area contributed by atoms with Gasteiger partial charge in [0.05, 0.1) is 7.11 Å². The van der Waals surface area contributed by atoms with Crippen LogP contribution in [-0.2, 0) is 19.7 Å². The second-order valence-electron chi connectivity index (χ2n) is 5.84. The Bertz CT molecular complexity index is 830. The molecule has 0 aliphatic rings. The second-order valence-corrected chi connectivity index (χ2v) is 6.27. The summed E-state index contributed by atoms with van der Waals surface area (Å²) in [5, 5.41) is 4.02. The zero-order valence-electron chi connectivity index (χ0n) is 15.0. The van der Waals surface area contributed by atoms with Crippen LogP contribution in [0.15, 0.2) is 67.0 Å². The molecule has 1 aromatic heterocycles. The van der Waals surface area contributed by atoms with E-state index in [1.54, 1.807) is 19.4 Å². The summed E-state index contributed by atoms with van der Waals surface area (Å²) in [6.45, 7) is 1.78. The van der Waals surface area contributed by atoms with Gasteiger partial charge in [0.25, 0.3) is 0 Å². The number of methoxy groups -OCH3 is 1. The van der Waals surface area contributed by atoms with Crippen LogP contribution in [-0.4, -0.2) is 12.1 Å². The molecule has 4 nitrogen and oxygen atoms in total. The van der Waals surface area contributed by atoms with Gasteiger partial charge in [0, 0.05) is 42.1 Å². The lowest BCUT2D eigenvalue weighted by Crippen LogP contribution is -2.14. The number of hydrogen-bond donors (Lipinski definition) is 1. The molecule has 0 unspecified atom stereocenters. The molecular weight excluding hydrogens is 383 g/mol. The van der Waals surface area contributed by atoms with Gasteiger partial charge in [0.2, 0.25) is 0 Å². The zero-order valence-corrected chi connectivity index (χ0v) is 16.6. The Kier molecular flexibility index (Phi) is 8.40. The maximum Gasteiger partial charge on any atom is 0.166 e. The number of ether oxygens (including phenoxy) is 2. The van der Waals surface area contributed by atoms with Crippen molar-refractivity contribution in [2.45, 2.75) is 19.7 Å². The highest BCUT2D eigenvalue weighted by Gasteiger charge is 2.13. The Hall–Kier alpha value is -2.27. The molecule has 1 heterocycles.